The van der Waals surface area contributed by atoms with Gasteiger partial charge in [0, 0.05) is 30.0 Å². The number of nitrogens with one attached hydrogen (secondary N) is 1. The van der Waals surface area contributed by atoms with Crippen LogP contribution in [0.15, 0.2) is 42.5 Å². The monoisotopic (exact) mass is 291 g/mol. The first kappa shape index (κ1) is 12.9. The zero-order valence-corrected chi connectivity index (χ0v) is 12.4. The minimum Gasteiger partial charge on any atom is -0.399 e. The maximum Gasteiger partial charge on any atom is 0.204 e. The first-order valence-electron chi connectivity index (χ1n) is 7.37. The lowest BCUT2D eigenvalue weighted by molar-refractivity contribution is 0.817. The van der Waals surface area contributed by atoms with Crippen molar-refractivity contribution in [2.45, 2.75) is 13.5 Å². The first-order valence-corrected chi connectivity index (χ1v) is 7.37. The summed E-state index contributed by atoms with van der Waals surface area (Å²) in [6.07, 6.45) is 0. The first-order chi connectivity index (χ1) is 10.7. The normalized spacial score (nSPS) is 13.0. The number of nitrogens with zero attached hydrogens (tertiary/aromatic N) is 3. The molecular weight excluding hydrogens is 274 g/mol. The summed E-state index contributed by atoms with van der Waals surface area (Å²) in [7, 11) is 0. The summed E-state index contributed by atoms with van der Waals surface area (Å²) < 4.78 is 2.21. The van der Waals surface area contributed by atoms with Gasteiger partial charge >= 0.3 is 0 Å². The van der Waals surface area contributed by atoms with Crippen LogP contribution in [0.4, 0.5) is 11.6 Å². The predicted molar refractivity (Wildman–Crippen MR) is 88.5 cm³/mol. The van der Waals surface area contributed by atoms with E-state index in [1.54, 1.807) is 0 Å². The molecule has 5 heteroatoms. The molecule has 0 spiro atoms. The number of hydrogen-bond donors (Lipinski definition) is 2. The lowest BCUT2D eigenvalue weighted by Crippen LogP contribution is -1.99. The van der Waals surface area contributed by atoms with Gasteiger partial charge in [0.15, 0.2) is 0 Å². The zero-order valence-electron chi connectivity index (χ0n) is 12.4. The van der Waals surface area contributed by atoms with Crippen molar-refractivity contribution >= 4 is 11.6 Å². The number of pyridine rings is 1. The lowest BCUT2D eigenvalue weighted by Gasteiger charge is -2.08. The van der Waals surface area contributed by atoms with E-state index < -0.39 is 0 Å². The summed E-state index contributed by atoms with van der Waals surface area (Å²) in [5.41, 5.74) is 11.6. The Kier molecular flexibility index (Phi) is 2.85. The fourth-order valence-electron chi connectivity index (χ4n) is 2.87. The largest absolute Gasteiger partial charge is 0.399 e. The van der Waals surface area contributed by atoms with Crippen molar-refractivity contribution in [3.63, 3.8) is 0 Å². The van der Waals surface area contributed by atoms with E-state index in [0.29, 0.717) is 0 Å². The molecule has 110 valence electrons. The summed E-state index contributed by atoms with van der Waals surface area (Å²) in [5, 5.41) is 3.33. The number of rotatable bonds is 2. The van der Waals surface area contributed by atoms with Crippen molar-refractivity contribution in [1.82, 2.24) is 14.5 Å². The van der Waals surface area contributed by atoms with Gasteiger partial charge in [0.25, 0.3) is 0 Å². The number of nitrogens with two attached hydrogens (primary N) is 1. The van der Waals surface area contributed by atoms with Crippen molar-refractivity contribution in [1.29, 1.82) is 0 Å². The van der Waals surface area contributed by atoms with Gasteiger partial charge in [0.2, 0.25) is 5.95 Å². The number of aromatic nitrogens is 3. The highest BCUT2D eigenvalue weighted by Crippen LogP contribution is 2.35. The summed E-state index contributed by atoms with van der Waals surface area (Å²) in [4.78, 5) is 9.39. The van der Waals surface area contributed by atoms with Crippen molar-refractivity contribution < 1.29 is 0 Å². The average molecular weight is 291 g/mol. The van der Waals surface area contributed by atoms with Gasteiger partial charge in [-0.25, -0.2) is 4.98 Å². The minimum atomic E-state index is 0.762. The molecule has 0 atom stereocenters. The molecule has 3 N–H and O–H groups in total. The molecule has 0 radical (unpaired) electrons. The van der Waals surface area contributed by atoms with E-state index in [1.165, 1.54) is 0 Å². The zero-order chi connectivity index (χ0) is 15.1. The van der Waals surface area contributed by atoms with E-state index in [9.17, 15) is 0 Å². The van der Waals surface area contributed by atoms with E-state index in [-0.39, 0.29) is 0 Å². The lowest BCUT2D eigenvalue weighted by atomic mass is 10.1. The molecule has 3 heterocycles. The molecule has 5 nitrogen and oxygen atoms in total. The topological polar surface area (TPSA) is 68.8 Å². The number of nitrogen functional groups attached to an aromatic ring is 1. The number of anilines is 2. The second-order valence-corrected chi connectivity index (χ2v) is 5.50. The molecule has 0 unspecified atom stereocenters. The van der Waals surface area contributed by atoms with E-state index in [0.717, 1.165) is 53.1 Å². The Bertz CT molecular complexity index is 833. The van der Waals surface area contributed by atoms with E-state index in [1.807, 2.05) is 49.4 Å². The van der Waals surface area contributed by atoms with Gasteiger partial charge in [0.05, 0.1) is 11.4 Å². The quantitative estimate of drug-likeness (QED) is 0.712. The molecule has 1 aliphatic heterocycles. The molecule has 1 aliphatic rings. The molecule has 22 heavy (non-hydrogen) atoms. The molecule has 1 aromatic carbocycles. The van der Waals surface area contributed by atoms with E-state index in [2.05, 4.69) is 14.9 Å². The average Bonchev–Trinajstić information content (AvgIpc) is 3.09. The van der Waals surface area contributed by atoms with Crippen LogP contribution in [0.25, 0.3) is 22.6 Å². The Hall–Kier alpha value is -2.82. The summed E-state index contributed by atoms with van der Waals surface area (Å²) >= 11 is 0. The molecule has 0 saturated carbocycles. The maximum atomic E-state index is 5.81. The van der Waals surface area contributed by atoms with Crippen LogP contribution in [0.2, 0.25) is 0 Å². The third-order valence-corrected chi connectivity index (χ3v) is 3.90. The SMILES string of the molecule is Cc1cccc(-c2nc3n(c2-c2ccc(N)cc2)CCN3)n1. The number of hydrogen-bond acceptors (Lipinski definition) is 4. The number of benzene rings is 1. The molecule has 0 fully saturated rings. The van der Waals surface area contributed by atoms with Gasteiger partial charge in [0.1, 0.15) is 5.69 Å². The summed E-state index contributed by atoms with van der Waals surface area (Å²) in [6, 6.07) is 13.9. The van der Waals surface area contributed by atoms with Gasteiger partial charge in [-0.05, 0) is 31.2 Å². The second-order valence-electron chi connectivity index (χ2n) is 5.50. The van der Waals surface area contributed by atoms with Crippen LogP contribution in [0.3, 0.4) is 0 Å². The number of imidazole rings is 1. The summed E-state index contributed by atoms with van der Waals surface area (Å²) in [6.45, 7) is 3.81. The maximum absolute atomic E-state index is 5.81. The molecule has 3 aromatic rings. The van der Waals surface area contributed by atoms with Crippen LogP contribution >= 0.6 is 0 Å². The molecule has 4 rings (SSSR count). The van der Waals surface area contributed by atoms with E-state index >= 15 is 0 Å². The fraction of sp³-hybridized carbons (Fsp3) is 0.176. The predicted octanol–water partition coefficient (Wildman–Crippen LogP) is 2.93. The Morgan fingerprint density at radius 3 is 2.68 bits per heavy atom. The number of fused-ring (bicyclic) bond motifs is 1. The van der Waals surface area contributed by atoms with Gasteiger partial charge in [-0.1, -0.05) is 18.2 Å². The highest BCUT2D eigenvalue weighted by Gasteiger charge is 2.23. The van der Waals surface area contributed by atoms with Crippen LogP contribution in [-0.4, -0.2) is 21.1 Å². The Labute approximate surface area is 128 Å². The van der Waals surface area contributed by atoms with Gasteiger partial charge in [-0.15, -0.1) is 0 Å². The van der Waals surface area contributed by atoms with Crippen LogP contribution in [0.5, 0.6) is 0 Å². The Morgan fingerprint density at radius 1 is 1.09 bits per heavy atom. The van der Waals surface area contributed by atoms with Crippen molar-refractivity contribution in [3.8, 4) is 22.6 Å². The second kappa shape index (κ2) is 4.87. The molecule has 2 aromatic heterocycles. The van der Waals surface area contributed by atoms with Crippen molar-refractivity contribution in [3.05, 3.63) is 48.2 Å². The highest BCUT2D eigenvalue weighted by atomic mass is 15.3. The highest BCUT2D eigenvalue weighted by molar-refractivity contribution is 5.80. The number of aryl methyl sites for hydroxylation is 1. The molecular formula is C17H17N5. The van der Waals surface area contributed by atoms with Gasteiger partial charge in [-0.2, -0.15) is 0 Å². The minimum absolute atomic E-state index is 0.762. The van der Waals surface area contributed by atoms with Gasteiger partial charge in [-0.3, -0.25) is 4.98 Å². The van der Waals surface area contributed by atoms with E-state index in [4.69, 9.17) is 10.7 Å². The van der Waals surface area contributed by atoms with Crippen LogP contribution in [0.1, 0.15) is 5.69 Å². The van der Waals surface area contributed by atoms with Crippen molar-refractivity contribution in [2.24, 2.45) is 0 Å². The molecule has 0 amide bonds. The molecule has 0 saturated heterocycles. The standard InChI is InChI=1S/C17H17N5/c1-11-3-2-4-14(20-11)15-16(12-5-7-13(18)8-6-12)22-10-9-19-17(22)21-15/h2-8H,9-10,18H2,1H3,(H,19,21). The van der Waals surface area contributed by atoms with Crippen LogP contribution < -0.4 is 11.1 Å². The van der Waals surface area contributed by atoms with Gasteiger partial charge < -0.3 is 15.6 Å². The Balaban J connectivity index is 1.94. The van der Waals surface area contributed by atoms with Crippen LogP contribution in [0, 0.1) is 6.92 Å². The van der Waals surface area contributed by atoms with Crippen LogP contribution in [-0.2, 0) is 6.54 Å². The smallest absolute Gasteiger partial charge is 0.204 e. The molecule has 0 bridgehead atoms. The molecule has 0 aliphatic carbocycles. The summed E-state index contributed by atoms with van der Waals surface area (Å²) in [5.74, 6) is 0.908. The van der Waals surface area contributed by atoms with Crippen molar-refractivity contribution in [2.75, 3.05) is 17.6 Å². The third kappa shape index (κ3) is 2.02. The fourth-order valence-corrected chi connectivity index (χ4v) is 2.87. The Morgan fingerprint density at radius 2 is 1.91 bits per heavy atom. The third-order valence-electron chi connectivity index (χ3n) is 3.90.